The third-order valence-corrected chi connectivity index (χ3v) is 3.15. The SMILES string of the molecule is O=C1CC=C2C(=O)c3ccccc3C(O)=C2C1=O. The minimum Gasteiger partial charge on any atom is -0.506 e. The van der Waals surface area contributed by atoms with E-state index in [9.17, 15) is 19.5 Å². The lowest BCUT2D eigenvalue weighted by atomic mass is 9.79. The van der Waals surface area contributed by atoms with E-state index < -0.39 is 11.6 Å². The molecule has 0 fully saturated rings. The summed E-state index contributed by atoms with van der Waals surface area (Å²) < 4.78 is 0. The number of hydrogen-bond donors (Lipinski definition) is 1. The Labute approximate surface area is 102 Å². The summed E-state index contributed by atoms with van der Waals surface area (Å²) in [5, 5.41) is 10.1. The van der Waals surface area contributed by atoms with E-state index in [0.717, 1.165) is 0 Å². The van der Waals surface area contributed by atoms with Crippen LogP contribution in [-0.4, -0.2) is 22.5 Å². The number of aliphatic hydroxyl groups is 1. The van der Waals surface area contributed by atoms with Gasteiger partial charge in [-0.2, -0.15) is 0 Å². The molecule has 18 heavy (non-hydrogen) atoms. The number of benzene rings is 1. The van der Waals surface area contributed by atoms with Crippen LogP contribution < -0.4 is 0 Å². The molecule has 0 unspecified atom stereocenters. The van der Waals surface area contributed by atoms with E-state index in [1.165, 1.54) is 6.08 Å². The molecule has 0 bridgehead atoms. The van der Waals surface area contributed by atoms with Crippen molar-refractivity contribution >= 4 is 23.1 Å². The molecular weight excluding hydrogens is 232 g/mol. The van der Waals surface area contributed by atoms with Crippen LogP contribution in [0.15, 0.2) is 41.5 Å². The number of aliphatic hydroxyl groups excluding tert-OH is 1. The predicted molar refractivity (Wildman–Crippen MR) is 63.0 cm³/mol. The van der Waals surface area contributed by atoms with Gasteiger partial charge in [0.15, 0.2) is 5.78 Å². The molecule has 0 aromatic heterocycles. The summed E-state index contributed by atoms with van der Waals surface area (Å²) in [6.07, 6.45) is 1.33. The molecule has 0 saturated heterocycles. The first-order chi connectivity index (χ1) is 8.61. The van der Waals surface area contributed by atoms with Gasteiger partial charge in [-0.05, 0) is 0 Å². The molecule has 0 atom stereocenters. The Hall–Kier alpha value is -2.49. The fourth-order valence-electron chi connectivity index (χ4n) is 2.26. The van der Waals surface area contributed by atoms with Gasteiger partial charge in [0.05, 0.1) is 5.57 Å². The van der Waals surface area contributed by atoms with Crippen molar-refractivity contribution in [2.75, 3.05) is 0 Å². The summed E-state index contributed by atoms with van der Waals surface area (Å²) in [4.78, 5) is 35.3. The number of carbonyl (C=O) groups excluding carboxylic acids is 3. The first kappa shape index (κ1) is 10.7. The topological polar surface area (TPSA) is 71.4 Å². The molecule has 3 rings (SSSR count). The molecule has 4 nitrogen and oxygen atoms in total. The summed E-state index contributed by atoms with van der Waals surface area (Å²) in [6.45, 7) is 0. The lowest BCUT2D eigenvalue weighted by Crippen LogP contribution is -2.28. The van der Waals surface area contributed by atoms with Gasteiger partial charge in [0, 0.05) is 23.1 Å². The highest BCUT2D eigenvalue weighted by molar-refractivity contribution is 6.50. The number of fused-ring (bicyclic) bond motifs is 2. The summed E-state index contributed by atoms with van der Waals surface area (Å²) >= 11 is 0. The van der Waals surface area contributed by atoms with Gasteiger partial charge in [-0.15, -0.1) is 0 Å². The molecule has 0 radical (unpaired) electrons. The Morgan fingerprint density at radius 1 is 0.944 bits per heavy atom. The van der Waals surface area contributed by atoms with Crippen LogP contribution in [0, 0.1) is 0 Å². The minimum atomic E-state index is -0.784. The first-order valence-electron chi connectivity index (χ1n) is 5.46. The number of ketones is 3. The van der Waals surface area contributed by atoms with E-state index >= 15 is 0 Å². The molecule has 2 aliphatic rings. The van der Waals surface area contributed by atoms with Crippen LogP contribution >= 0.6 is 0 Å². The standard InChI is InChI=1S/C14H8O4/c15-10-6-5-9-11(14(10)18)13(17)8-4-2-1-3-7(8)12(9)16/h1-5,17H,6H2. The van der Waals surface area contributed by atoms with Gasteiger partial charge < -0.3 is 5.11 Å². The maximum absolute atomic E-state index is 12.2. The van der Waals surface area contributed by atoms with Crippen molar-refractivity contribution in [3.63, 3.8) is 0 Å². The first-order valence-corrected chi connectivity index (χ1v) is 5.46. The molecule has 1 N–H and O–H groups in total. The number of allylic oxidation sites excluding steroid dienone is 3. The molecule has 0 amide bonds. The van der Waals surface area contributed by atoms with E-state index in [-0.39, 0.29) is 29.1 Å². The Morgan fingerprint density at radius 2 is 1.61 bits per heavy atom. The molecule has 0 aliphatic heterocycles. The average Bonchev–Trinajstić information content (AvgIpc) is 2.39. The maximum atomic E-state index is 12.2. The van der Waals surface area contributed by atoms with Gasteiger partial charge in [0.2, 0.25) is 11.6 Å². The van der Waals surface area contributed by atoms with Crippen molar-refractivity contribution in [3.8, 4) is 0 Å². The van der Waals surface area contributed by atoms with E-state index in [4.69, 9.17) is 0 Å². The van der Waals surface area contributed by atoms with Crippen LogP contribution in [0.3, 0.4) is 0 Å². The van der Waals surface area contributed by atoms with Gasteiger partial charge in [0.1, 0.15) is 5.76 Å². The summed E-state index contributed by atoms with van der Waals surface area (Å²) in [5.74, 6) is -1.99. The Balaban J connectivity index is 2.37. The van der Waals surface area contributed by atoms with Crippen LogP contribution in [0.5, 0.6) is 0 Å². The highest BCUT2D eigenvalue weighted by Crippen LogP contribution is 2.35. The fraction of sp³-hybridized carbons (Fsp3) is 0.0714. The van der Waals surface area contributed by atoms with Crippen molar-refractivity contribution in [2.24, 2.45) is 0 Å². The zero-order valence-corrected chi connectivity index (χ0v) is 9.27. The third-order valence-electron chi connectivity index (χ3n) is 3.15. The second kappa shape index (κ2) is 3.50. The quantitative estimate of drug-likeness (QED) is 0.699. The highest BCUT2D eigenvalue weighted by Gasteiger charge is 2.37. The van der Waals surface area contributed by atoms with E-state index in [2.05, 4.69) is 0 Å². The monoisotopic (exact) mass is 240 g/mol. The third kappa shape index (κ3) is 1.23. The van der Waals surface area contributed by atoms with Crippen molar-refractivity contribution in [1.29, 1.82) is 0 Å². The molecule has 2 aliphatic carbocycles. The molecule has 88 valence electrons. The smallest absolute Gasteiger partial charge is 0.233 e. The molecule has 0 heterocycles. The molecule has 0 saturated carbocycles. The number of Topliss-reactive ketones (excluding diaryl/α,β-unsaturated/α-hetero) is 3. The van der Waals surface area contributed by atoms with E-state index in [1.54, 1.807) is 24.3 Å². The van der Waals surface area contributed by atoms with E-state index in [0.29, 0.717) is 11.1 Å². The van der Waals surface area contributed by atoms with Crippen LogP contribution in [0.1, 0.15) is 22.3 Å². The van der Waals surface area contributed by atoms with Crippen LogP contribution in [-0.2, 0) is 9.59 Å². The lowest BCUT2D eigenvalue weighted by molar-refractivity contribution is -0.134. The lowest BCUT2D eigenvalue weighted by Gasteiger charge is -2.22. The second-order valence-corrected chi connectivity index (χ2v) is 4.17. The van der Waals surface area contributed by atoms with Crippen LogP contribution in [0.2, 0.25) is 0 Å². The Bertz CT molecular complexity index is 677. The average molecular weight is 240 g/mol. The van der Waals surface area contributed by atoms with Gasteiger partial charge in [0.25, 0.3) is 0 Å². The van der Waals surface area contributed by atoms with Crippen molar-refractivity contribution in [1.82, 2.24) is 0 Å². The fourth-order valence-corrected chi connectivity index (χ4v) is 2.26. The maximum Gasteiger partial charge on any atom is 0.233 e. The zero-order chi connectivity index (χ0) is 12.9. The second-order valence-electron chi connectivity index (χ2n) is 4.17. The Kier molecular flexibility index (Phi) is 2.07. The number of carbonyl (C=O) groups is 3. The van der Waals surface area contributed by atoms with Gasteiger partial charge in [-0.1, -0.05) is 30.3 Å². The Morgan fingerprint density at radius 3 is 2.33 bits per heavy atom. The van der Waals surface area contributed by atoms with Crippen molar-refractivity contribution < 1.29 is 19.5 Å². The number of hydrogen-bond acceptors (Lipinski definition) is 4. The molecule has 4 heteroatoms. The number of rotatable bonds is 0. The van der Waals surface area contributed by atoms with Gasteiger partial charge in [-0.25, -0.2) is 0 Å². The largest absolute Gasteiger partial charge is 0.506 e. The summed E-state index contributed by atoms with van der Waals surface area (Å²) in [7, 11) is 0. The van der Waals surface area contributed by atoms with Crippen molar-refractivity contribution in [3.05, 3.63) is 52.6 Å². The van der Waals surface area contributed by atoms with Crippen molar-refractivity contribution in [2.45, 2.75) is 6.42 Å². The highest BCUT2D eigenvalue weighted by atomic mass is 16.3. The molecule has 0 spiro atoms. The molecular formula is C14H8O4. The molecule has 1 aromatic carbocycles. The van der Waals surface area contributed by atoms with Gasteiger partial charge in [-0.3, -0.25) is 14.4 Å². The summed E-state index contributed by atoms with van der Waals surface area (Å²) in [5.41, 5.74) is 0.635. The normalized spacial score (nSPS) is 18.4. The van der Waals surface area contributed by atoms with Gasteiger partial charge >= 0.3 is 0 Å². The minimum absolute atomic E-state index is 0.0845. The zero-order valence-electron chi connectivity index (χ0n) is 9.27. The summed E-state index contributed by atoms with van der Waals surface area (Å²) in [6, 6.07) is 6.49. The molecule has 1 aromatic rings. The van der Waals surface area contributed by atoms with Crippen LogP contribution in [0.25, 0.3) is 5.76 Å². The van der Waals surface area contributed by atoms with Crippen LogP contribution in [0.4, 0.5) is 0 Å². The van der Waals surface area contributed by atoms with E-state index in [1.807, 2.05) is 0 Å². The predicted octanol–water partition coefficient (Wildman–Crippen LogP) is 1.62.